The molecule has 0 atom stereocenters. The maximum atomic E-state index is 11.4. The SMILES string of the molecule is CCCCCCCCCCCCCCCCCC(=O)OC=CC[SiH3].O. The van der Waals surface area contributed by atoms with Gasteiger partial charge in [0.1, 0.15) is 0 Å². The van der Waals surface area contributed by atoms with Gasteiger partial charge in [0.25, 0.3) is 0 Å². The predicted octanol–water partition coefficient (Wildman–Crippen LogP) is 5.26. The number of rotatable bonds is 18. The first-order valence-corrected chi connectivity index (χ1v) is 12.1. The number of hydrogen-bond acceptors (Lipinski definition) is 2. The molecule has 4 heteroatoms. The van der Waals surface area contributed by atoms with Gasteiger partial charge >= 0.3 is 5.97 Å². The predicted molar refractivity (Wildman–Crippen MR) is 113 cm³/mol. The van der Waals surface area contributed by atoms with Crippen LogP contribution < -0.4 is 0 Å². The highest BCUT2D eigenvalue weighted by Crippen LogP contribution is 2.13. The fourth-order valence-corrected chi connectivity index (χ4v) is 3.11. The molecule has 0 aliphatic heterocycles. The van der Waals surface area contributed by atoms with Gasteiger partial charge in [0.2, 0.25) is 0 Å². The molecule has 25 heavy (non-hydrogen) atoms. The van der Waals surface area contributed by atoms with Gasteiger partial charge in [-0.05, 0) is 12.5 Å². The minimum Gasteiger partial charge on any atom is -0.435 e. The Bertz CT molecular complexity index is 293. The van der Waals surface area contributed by atoms with Crippen molar-refractivity contribution in [1.82, 2.24) is 0 Å². The number of hydrogen-bond donors (Lipinski definition) is 0. The highest BCUT2D eigenvalue weighted by atomic mass is 28.1. The molecule has 0 spiro atoms. The molecule has 0 aromatic heterocycles. The van der Waals surface area contributed by atoms with Gasteiger partial charge in [-0.3, -0.25) is 4.79 Å². The molecule has 0 aliphatic carbocycles. The Morgan fingerprint density at radius 1 is 0.760 bits per heavy atom. The number of carbonyl (C=O) groups excluding carboxylic acids is 1. The van der Waals surface area contributed by atoms with E-state index < -0.39 is 0 Å². The van der Waals surface area contributed by atoms with Crippen LogP contribution in [0.15, 0.2) is 12.3 Å². The van der Waals surface area contributed by atoms with Crippen LogP contribution in [0.4, 0.5) is 0 Å². The number of unbranched alkanes of at least 4 members (excludes halogenated alkanes) is 14. The van der Waals surface area contributed by atoms with E-state index in [2.05, 4.69) is 6.92 Å². The highest BCUT2D eigenvalue weighted by molar-refractivity contribution is 6.09. The van der Waals surface area contributed by atoms with E-state index in [0.717, 1.165) is 29.1 Å². The van der Waals surface area contributed by atoms with Gasteiger partial charge in [-0.15, -0.1) is 0 Å². The van der Waals surface area contributed by atoms with Crippen molar-refractivity contribution in [3.63, 3.8) is 0 Å². The number of ether oxygens (including phenoxy) is 1. The molecule has 0 unspecified atom stereocenters. The van der Waals surface area contributed by atoms with Crippen LogP contribution in [0, 0.1) is 0 Å². The summed E-state index contributed by atoms with van der Waals surface area (Å²) in [6.07, 6.45) is 24.3. The van der Waals surface area contributed by atoms with E-state index in [0.29, 0.717) is 6.42 Å². The molecule has 3 nitrogen and oxygen atoms in total. The maximum Gasteiger partial charge on any atom is 0.310 e. The Kier molecular flexibility index (Phi) is 24.9. The summed E-state index contributed by atoms with van der Waals surface area (Å²) in [5, 5.41) is 0. The molecule has 0 saturated carbocycles. The average molecular weight is 373 g/mol. The molecule has 0 amide bonds. The van der Waals surface area contributed by atoms with E-state index >= 15 is 0 Å². The van der Waals surface area contributed by atoms with E-state index in [-0.39, 0.29) is 11.4 Å². The summed E-state index contributed by atoms with van der Waals surface area (Å²) in [4.78, 5) is 11.4. The van der Waals surface area contributed by atoms with E-state index in [1.54, 1.807) is 6.26 Å². The summed E-state index contributed by atoms with van der Waals surface area (Å²) in [5.74, 6) is -0.0731. The molecule has 0 heterocycles. The van der Waals surface area contributed by atoms with E-state index in [1.165, 1.54) is 83.5 Å². The van der Waals surface area contributed by atoms with Crippen LogP contribution >= 0.6 is 0 Å². The Morgan fingerprint density at radius 3 is 1.56 bits per heavy atom. The van der Waals surface area contributed by atoms with E-state index in [4.69, 9.17) is 4.74 Å². The normalized spacial score (nSPS) is 10.9. The molecule has 0 rings (SSSR count). The molecule has 150 valence electrons. The average Bonchev–Trinajstić information content (AvgIpc) is 2.58. The van der Waals surface area contributed by atoms with Gasteiger partial charge in [-0.2, -0.15) is 0 Å². The summed E-state index contributed by atoms with van der Waals surface area (Å²) >= 11 is 0. The van der Waals surface area contributed by atoms with Gasteiger partial charge in [0.05, 0.1) is 6.26 Å². The Balaban J connectivity index is 0. The smallest absolute Gasteiger partial charge is 0.310 e. The minimum atomic E-state index is -0.0731. The monoisotopic (exact) mass is 372 g/mol. The quantitative estimate of drug-likeness (QED) is 0.142. The lowest BCUT2D eigenvalue weighted by Gasteiger charge is -2.03. The molecular weight excluding hydrogens is 328 g/mol. The minimum absolute atomic E-state index is 0. The third-order valence-corrected chi connectivity index (χ3v) is 4.99. The molecule has 0 radical (unpaired) electrons. The number of esters is 1. The first kappa shape index (κ1) is 26.6. The van der Waals surface area contributed by atoms with Crippen LogP contribution in [0.3, 0.4) is 0 Å². The molecule has 0 aliphatic rings. The van der Waals surface area contributed by atoms with Crippen molar-refractivity contribution in [2.75, 3.05) is 0 Å². The zero-order valence-electron chi connectivity index (χ0n) is 17.0. The zero-order chi connectivity index (χ0) is 17.7. The lowest BCUT2D eigenvalue weighted by atomic mass is 10.0. The lowest BCUT2D eigenvalue weighted by molar-refractivity contribution is -0.138. The molecule has 2 N–H and O–H groups in total. The van der Waals surface area contributed by atoms with Crippen LogP contribution in [0.5, 0.6) is 0 Å². The molecule has 0 saturated heterocycles. The van der Waals surface area contributed by atoms with Gasteiger partial charge < -0.3 is 10.2 Å². The second-order valence-corrected chi connectivity index (χ2v) is 7.79. The van der Waals surface area contributed by atoms with Crippen molar-refractivity contribution < 1.29 is 15.0 Å². The number of carbonyl (C=O) groups is 1. The summed E-state index contributed by atoms with van der Waals surface area (Å²) in [6.45, 7) is 2.28. The third-order valence-electron chi connectivity index (χ3n) is 4.52. The maximum absolute atomic E-state index is 11.4. The first-order chi connectivity index (χ1) is 11.8. The van der Waals surface area contributed by atoms with Gasteiger partial charge in [0, 0.05) is 16.7 Å². The van der Waals surface area contributed by atoms with E-state index in [1.807, 2.05) is 6.08 Å². The summed E-state index contributed by atoms with van der Waals surface area (Å²) in [6, 6.07) is 1.05. The summed E-state index contributed by atoms with van der Waals surface area (Å²) < 4.78 is 5.00. The van der Waals surface area contributed by atoms with Crippen molar-refractivity contribution in [3.05, 3.63) is 12.3 Å². The standard InChI is InChI=1S/C21H42O2Si.H2O/c1-2-3-4-5-6-7-8-9-10-11-12-13-14-15-16-18-21(22)23-19-17-20-24;/h17,19H,2-16,18,20H2,1,24H3;1H2. The van der Waals surface area contributed by atoms with Gasteiger partial charge in [-0.25, -0.2) is 0 Å². The van der Waals surface area contributed by atoms with Crippen molar-refractivity contribution in [2.24, 2.45) is 0 Å². The van der Waals surface area contributed by atoms with Gasteiger partial charge in [0.15, 0.2) is 0 Å². The molecule has 0 aromatic rings. The van der Waals surface area contributed by atoms with Crippen LogP contribution in [0.2, 0.25) is 6.04 Å². The van der Waals surface area contributed by atoms with Crippen LogP contribution in [-0.4, -0.2) is 21.7 Å². The van der Waals surface area contributed by atoms with Crippen molar-refractivity contribution >= 4 is 16.2 Å². The zero-order valence-corrected chi connectivity index (χ0v) is 19.0. The van der Waals surface area contributed by atoms with Crippen molar-refractivity contribution in [2.45, 2.75) is 116 Å². The Hall–Kier alpha value is -0.613. The van der Waals surface area contributed by atoms with Crippen molar-refractivity contribution in [1.29, 1.82) is 0 Å². The second-order valence-electron chi connectivity index (χ2n) is 6.97. The molecule has 0 bridgehead atoms. The topological polar surface area (TPSA) is 57.8 Å². The van der Waals surface area contributed by atoms with Crippen LogP contribution in [0.25, 0.3) is 0 Å². The first-order valence-electron chi connectivity index (χ1n) is 10.7. The summed E-state index contributed by atoms with van der Waals surface area (Å²) in [7, 11) is 1.13. The number of allylic oxidation sites excluding steroid dienone is 1. The Morgan fingerprint density at radius 2 is 1.16 bits per heavy atom. The second kappa shape index (κ2) is 23.4. The molecule has 0 fully saturated rings. The summed E-state index contributed by atoms with van der Waals surface area (Å²) in [5.41, 5.74) is 0. The molecular formula is C21H44O3Si. The van der Waals surface area contributed by atoms with E-state index in [9.17, 15) is 4.79 Å². The lowest BCUT2D eigenvalue weighted by Crippen LogP contribution is -1.98. The van der Waals surface area contributed by atoms with Gasteiger partial charge in [-0.1, -0.05) is 103 Å². The highest BCUT2D eigenvalue weighted by Gasteiger charge is 2.00. The largest absolute Gasteiger partial charge is 0.435 e. The fourth-order valence-electron chi connectivity index (χ4n) is 2.92. The molecule has 0 aromatic carbocycles. The van der Waals surface area contributed by atoms with Crippen LogP contribution in [-0.2, 0) is 9.53 Å². The van der Waals surface area contributed by atoms with Crippen LogP contribution in [0.1, 0.15) is 110 Å². The Labute approximate surface area is 159 Å². The third kappa shape index (κ3) is 23.4. The van der Waals surface area contributed by atoms with Crippen molar-refractivity contribution in [3.8, 4) is 0 Å². The fraction of sp³-hybridized carbons (Fsp3) is 0.857.